The van der Waals surface area contributed by atoms with Crippen LogP contribution in [0.25, 0.3) is 0 Å². The van der Waals surface area contributed by atoms with Gasteiger partial charge in [0.1, 0.15) is 5.82 Å². The van der Waals surface area contributed by atoms with Gasteiger partial charge in [0, 0.05) is 12.6 Å². The highest BCUT2D eigenvalue weighted by Gasteiger charge is 2.23. The second-order valence-electron chi connectivity index (χ2n) is 4.22. The smallest absolute Gasteiger partial charge is 0.240 e. The number of hydrogen-bond donors (Lipinski definition) is 2. The Morgan fingerprint density at radius 3 is 2.82 bits per heavy atom. The van der Waals surface area contributed by atoms with Crippen LogP contribution in [0.4, 0.5) is 4.39 Å². The molecule has 1 saturated heterocycles. The fourth-order valence-corrected chi connectivity index (χ4v) is 3.07. The number of nitrogens with one attached hydrogen (secondary N) is 2. The molecule has 0 aromatic heterocycles. The molecule has 1 heterocycles. The lowest BCUT2D eigenvalue weighted by molar-refractivity contribution is 0.557. The van der Waals surface area contributed by atoms with E-state index in [1.54, 1.807) is 6.92 Å². The highest BCUT2D eigenvalue weighted by molar-refractivity contribution is 7.89. The third-order valence-corrected chi connectivity index (χ3v) is 4.35. The summed E-state index contributed by atoms with van der Waals surface area (Å²) >= 11 is 0. The molecule has 1 aromatic rings. The summed E-state index contributed by atoms with van der Waals surface area (Å²) in [4.78, 5) is -0.0208. The lowest BCUT2D eigenvalue weighted by Crippen LogP contribution is -2.36. The minimum atomic E-state index is -3.61. The normalized spacial score (nSPS) is 20.7. The third-order valence-electron chi connectivity index (χ3n) is 2.84. The van der Waals surface area contributed by atoms with E-state index >= 15 is 0 Å². The molecule has 1 aliphatic rings. The zero-order valence-electron chi connectivity index (χ0n) is 9.53. The van der Waals surface area contributed by atoms with Gasteiger partial charge in [-0.05, 0) is 37.6 Å². The standard InChI is InChI=1S/C11H15FN2O2S/c1-8-2-3-10(6-11(8)12)17(15,16)14-9-4-5-13-7-9/h2-3,6,9,13-14H,4-5,7H2,1H3/t9-/m0/s1. The molecule has 94 valence electrons. The maximum Gasteiger partial charge on any atom is 0.240 e. The molecule has 1 aromatic carbocycles. The van der Waals surface area contributed by atoms with Crippen LogP contribution in [0.5, 0.6) is 0 Å². The van der Waals surface area contributed by atoms with Crippen molar-refractivity contribution >= 4 is 10.0 Å². The quantitative estimate of drug-likeness (QED) is 0.842. The topological polar surface area (TPSA) is 58.2 Å². The van der Waals surface area contributed by atoms with E-state index in [1.165, 1.54) is 12.1 Å². The van der Waals surface area contributed by atoms with Gasteiger partial charge in [0.05, 0.1) is 4.90 Å². The van der Waals surface area contributed by atoms with Crippen molar-refractivity contribution in [2.45, 2.75) is 24.3 Å². The van der Waals surface area contributed by atoms with Gasteiger partial charge in [-0.2, -0.15) is 0 Å². The van der Waals surface area contributed by atoms with Gasteiger partial charge in [-0.15, -0.1) is 0 Å². The van der Waals surface area contributed by atoms with Crippen LogP contribution in [0.3, 0.4) is 0 Å². The van der Waals surface area contributed by atoms with Crippen molar-refractivity contribution in [3.05, 3.63) is 29.6 Å². The van der Waals surface area contributed by atoms with E-state index < -0.39 is 15.8 Å². The van der Waals surface area contributed by atoms with Gasteiger partial charge < -0.3 is 5.32 Å². The van der Waals surface area contributed by atoms with Crippen molar-refractivity contribution in [1.82, 2.24) is 10.0 Å². The van der Waals surface area contributed by atoms with E-state index in [0.29, 0.717) is 12.1 Å². The summed E-state index contributed by atoms with van der Waals surface area (Å²) < 4.78 is 39.8. The third kappa shape index (κ3) is 2.83. The van der Waals surface area contributed by atoms with Crippen LogP contribution < -0.4 is 10.0 Å². The molecular weight excluding hydrogens is 243 g/mol. The number of sulfonamides is 1. The Labute approximate surface area is 100 Å². The van der Waals surface area contributed by atoms with Crippen LogP contribution in [0, 0.1) is 12.7 Å². The summed E-state index contributed by atoms with van der Waals surface area (Å²) in [6, 6.07) is 3.84. The van der Waals surface area contributed by atoms with E-state index in [0.717, 1.165) is 19.0 Å². The predicted molar refractivity (Wildman–Crippen MR) is 62.7 cm³/mol. The average molecular weight is 258 g/mol. The molecule has 0 unspecified atom stereocenters. The summed E-state index contributed by atoms with van der Waals surface area (Å²) in [5.74, 6) is -0.502. The SMILES string of the molecule is Cc1ccc(S(=O)(=O)N[C@H]2CCNC2)cc1F. The number of hydrogen-bond acceptors (Lipinski definition) is 3. The molecule has 0 bridgehead atoms. The van der Waals surface area contributed by atoms with Gasteiger partial charge in [-0.3, -0.25) is 0 Å². The van der Waals surface area contributed by atoms with Crippen molar-refractivity contribution in [3.63, 3.8) is 0 Å². The van der Waals surface area contributed by atoms with Crippen LogP contribution in [-0.2, 0) is 10.0 Å². The van der Waals surface area contributed by atoms with Crippen LogP contribution >= 0.6 is 0 Å². The Morgan fingerprint density at radius 2 is 2.24 bits per heavy atom. The zero-order chi connectivity index (χ0) is 12.5. The van der Waals surface area contributed by atoms with E-state index in [-0.39, 0.29) is 10.9 Å². The Hall–Kier alpha value is -0.980. The first-order valence-corrected chi connectivity index (χ1v) is 6.96. The highest BCUT2D eigenvalue weighted by atomic mass is 32.2. The van der Waals surface area contributed by atoms with Crippen molar-refractivity contribution in [3.8, 4) is 0 Å². The van der Waals surface area contributed by atoms with E-state index in [4.69, 9.17) is 0 Å². The fourth-order valence-electron chi connectivity index (χ4n) is 1.78. The molecule has 0 radical (unpaired) electrons. The highest BCUT2D eigenvalue weighted by Crippen LogP contribution is 2.15. The molecule has 1 atom stereocenters. The Bertz CT molecular complexity index is 510. The number of halogens is 1. The van der Waals surface area contributed by atoms with Crippen LogP contribution in [-0.4, -0.2) is 27.5 Å². The van der Waals surface area contributed by atoms with Crippen LogP contribution in [0.1, 0.15) is 12.0 Å². The summed E-state index contributed by atoms with van der Waals surface area (Å²) in [6.45, 7) is 3.02. The predicted octanol–water partition coefficient (Wildman–Crippen LogP) is 0.774. The van der Waals surface area contributed by atoms with Gasteiger partial charge in [0.15, 0.2) is 0 Å². The van der Waals surface area contributed by atoms with Crippen molar-refractivity contribution in [2.24, 2.45) is 0 Å². The first-order valence-electron chi connectivity index (χ1n) is 5.48. The van der Waals surface area contributed by atoms with Crippen molar-refractivity contribution < 1.29 is 12.8 Å². The van der Waals surface area contributed by atoms with Crippen molar-refractivity contribution in [2.75, 3.05) is 13.1 Å². The van der Waals surface area contributed by atoms with Crippen LogP contribution in [0.2, 0.25) is 0 Å². The molecular formula is C11H15FN2O2S. The summed E-state index contributed by atoms with van der Waals surface area (Å²) in [7, 11) is -3.61. The first kappa shape index (κ1) is 12.5. The number of benzene rings is 1. The molecule has 1 aliphatic heterocycles. The molecule has 0 amide bonds. The van der Waals surface area contributed by atoms with E-state index in [1.807, 2.05) is 0 Å². The summed E-state index contributed by atoms with van der Waals surface area (Å²) in [5.41, 5.74) is 0.437. The second kappa shape index (κ2) is 4.72. The minimum Gasteiger partial charge on any atom is -0.315 e. The van der Waals surface area contributed by atoms with Gasteiger partial charge >= 0.3 is 0 Å². The average Bonchev–Trinajstić information content (AvgIpc) is 2.73. The molecule has 0 aliphatic carbocycles. The number of aryl methyl sites for hydroxylation is 1. The Kier molecular flexibility index (Phi) is 3.46. The van der Waals surface area contributed by atoms with Gasteiger partial charge in [0.25, 0.3) is 0 Å². The first-order chi connectivity index (χ1) is 7.99. The molecule has 4 nitrogen and oxygen atoms in total. The molecule has 2 rings (SSSR count). The Morgan fingerprint density at radius 1 is 1.47 bits per heavy atom. The molecule has 0 saturated carbocycles. The molecule has 0 spiro atoms. The molecule has 6 heteroatoms. The molecule has 17 heavy (non-hydrogen) atoms. The lowest BCUT2D eigenvalue weighted by Gasteiger charge is -2.12. The maximum atomic E-state index is 13.3. The minimum absolute atomic E-state index is 0.0208. The maximum absolute atomic E-state index is 13.3. The van der Waals surface area contributed by atoms with E-state index in [2.05, 4.69) is 10.0 Å². The second-order valence-corrected chi connectivity index (χ2v) is 5.94. The monoisotopic (exact) mass is 258 g/mol. The van der Waals surface area contributed by atoms with Gasteiger partial charge in [-0.1, -0.05) is 6.07 Å². The summed E-state index contributed by atoms with van der Waals surface area (Å²) in [5, 5.41) is 3.07. The Balaban J connectivity index is 2.21. The lowest BCUT2D eigenvalue weighted by atomic mass is 10.2. The van der Waals surface area contributed by atoms with Gasteiger partial charge in [0.2, 0.25) is 10.0 Å². The molecule has 1 fully saturated rings. The van der Waals surface area contributed by atoms with Crippen LogP contribution in [0.15, 0.2) is 23.1 Å². The van der Waals surface area contributed by atoms with Gasteiger partial charge in [-0.25, -0.2) is 17.5 Å². The molecule has 2 N–H and O–H groups in total. The van der Waals surface area contributed by atoms with Crippen molar-refractivity contribution in [1.29, 1.82) is 0 Å². The zero-order valence-corrected chi connectivity index (χ0v) is 10.3. The number of rotatable bonds is 3. The fraction of sp³-hybridized carbons (Fsp3) is 0.455. The summed E-state index contributed by atoms with van der Waals surface area (Å²) in [6.07, 6.45) is 0.758. The largest absolute Gasteiger partial charge is 0.315 e. The van der Waals surface area contributed by atoms with E-state index in [9.17, 15) is 12.8 Å².